The van der Waals surface area contributed by atoms with E-state index in [9.17, 15) is 9.59 Å². The van der Waals surface area contributed by atoms with E-state index in [1.807, 2.05) is 45.0 Å². The number of likely N-dealkylation sites (N-methyl/N-ethyl adjacent to an activating group) is 1. The van der Waals surface area contributed by atoms with Gasteiger partial charge in [-0.3, -0.25) is 9.69 Å². The minimum Gasteiger partial charge on any atom is -0.496 e. The second-order valence-corrected chi connectivity index (χ2v) is 7.65. The molecule has 1 saturated heterocycles. The minimum absolute atomic E-state index is 0.0387. The molecule has 1 aliphatic rings. The van der Waals surface area contributed by atoms with Gasteiger partial charge in [0.15, 0.2) is 0 Å². The second-order valence-electron chi connectivity index (χ2n) is 7.65. The van der Waals surface area contributed by atoms with E-state index in [4.69, 9.17) is 9.47 Å². The van der Waals surface area contributed by atoms with Gasteiger partial charge in [-0.25, -0.2) is 4.79 Å². The van der Waals surface area contributed by atoms with E-state index in [-0.39, 0.29) is 5.91 Å². The van der Waals surface area contributed by atoms with Crippen LogP contribution < -0.4 is 4.74 Å². The predicted molar refractivity (Wildman–Crippen MR) is 100 cm³/mol. The zero-order valence-electron chi connectivity index (χ0n) is 16.4. The van der Waals surface area contributed by atoms with Crippen LogP contribution in [0.25, 0.3) is 0 Å². The van der Waals surface area contributed by atoms with Crippen LogP contribution >= 0.6 is 0 Å². The zero-order chi connectivity index (χ0) is 19.3. The third-order valence-corrected chi connectivity index (χ3v) is 4.45. The lowest BCUT2D eigenvalue weighted by Crippen LogP contribution is -2.48. The third kappa shape index (κ3) is 5.13. The lowest BCUT2D eigenvalue weighted by Gasteiger charge is -2.30. The molecule has 1 atom stereocenters. The number of carbonyl (C=O) groups is 2. The summed E-state index contributed by atoms with van der Waals surface area (Å²) < 4.78 is 10.8. The molecule has 0 aliphatic carbocycles. The van der Waals surface area contributed by atoms with Crippen molar-refractivity contribution in [3.05, 3.63) is 29.8 Å². The molecule has 1 unspecified atom stereocenters. The van der Waals surface area contributed by atoms with Crippen LogP contribution in [0.15, 0.2) is 24.3 Å². The molecule has 0 N–H and O–H groups in total. The van der Waals surface area contributed by atoms with Crippen LogP contribution in [0.3, 0.4) is 0 Å². The van der Waals surface area contributed by atoms with Crippen molar-refractivity contribution >= 4 is 12.0 Å². The number of ether oxygens (including phenoxy) is 2. The summed E-state index contributed by atoms with van der Waals surface area (Å²) in [5.74, 6) is 0.785. The second kappa shape index (κ2) is 8.43. The van der Waals surface area contributed by atoms with Gasteiger partial charge in [0.1, 0.15) is 17.4 Å². The van der Waals surface area contributed by atoms with E-state index >= 15 is 0 Å². The molecule has 1 fully saturated rings. The number of methoxy groups -OCH3 is 1. The number of rotatable bonds is 5. The molecule has 0 spiro atoms. The van der Waals surface area contributed by atoms with Crippen molar-refractivity contribution in [1.82, 2.24) is 9.80 Å². The third-order valence-electron chi connectivity index (χ3n) is 4.45. The Hall–Kier alpha value is -2.24. The molecular weight excluding hydrogens is 332 g/mol. The Kier molecular flexibility index (Phi) is 6.51. The molecule has 0 saturated carbocycles. The molecule has 1 aromatic rings. The Morgan fingerprint density at radius 3 is 2.62 bits per heavy atom. The van der Waals surface area contributed by atoms with Gasteiger partial charge in [-0.05, 0) is 51.7 Å². The summed E-state index contributed by atoms with van der Waals surface area (Å²) in [5.41, 5.74) is 0.494. The molecule has 2 rings (SSSR count). The lowest BCUT2D eigenvalue weighted by atomic mass is 10.1. The van der Waals surface area contributed by atoms with Crippen LogP contribution in [-0.4, -0.2) is 60.7 Å². The average molecular weight is 362 g/mol. The highest BCUT2D eigenvalue weighted by molar-refractivity contribution is 5.86. The molecule has 0 bridgehead atoms. The molecule has 1 heterocycles. The maximum atomic E-state index is 12.8. The Morgan fingerprint density at radius 1 is 1.27 bits per heavy atom. The molecule has 6 nitrogen and oxygen atoms in total. The Bertz CT molecular complexity index is 639. The predicted octanol–water partition coefficient (Wildman–Crippen LogP) is 3.10. The first-order valence-electron chi connectivity index (χ1n) is 9.09. The van der Waals surface area contributed by atoms with Crippen molar-refractivity contribution in [2.24, 2.45) is 0 Å². The topological polar surface area (TPSA) is 59.1 Å². The number of benzene rings is 1. The standard InChI is InChI=1S/C20H30N2O4/c1-20(2,3)26-19(24)22-13-8-10-16(22)18(23)21(4)14-12-15-9-6-7-11-17(15)25-5/h6-7,9,11,16H,8,10,12-14H2,1-5H3. The molecule has 26 heavy (non-hydrogen) atoms. The van der Waals surface area contributed by atoms with Gasteiger partial charge in [0.2, 0.25) is 5.91 Å². The van der Waals surface area contributed by atoms with Gasteiger partial charge in [-0.1, -0.05) is 18.2 Å². The minimum atomic E-state index is -0.566. The fourth-order valence-electron chi connectivity index (χ4n) is 3.12. The van der Waals surface area contributed by atoms with E-state index in [2.05, 4.69) is 0 Å². The number of nitrogens with zero attached hydrogens (tertiary/aromatic N) is 2. The number of hydrogen-bond donors (Lipinski definition) is 0. The zero-order valence-corrected chi connectivity index (χ0v) is 16.4. The number of hydrogen-bond acceptors (Lipinski definition) is 4. The van der Waals surface area contributed by atoms with Crippen molar-refractivity contribution < 1.29 is 19.1 Å². The first-order chi connectivity index (χ1) is 12.2. The van der Waals surface area contributed by atoms with Crippen molar-refractivity contribution in [1.29, 1.82) is 0 Å². The normalized spacial score (nSPS) is 17.1. The van der Waals surface area contributed by atoms with Gasteiger partial charge in [-0.15, -0.1) is 0 Å². The van der Waals surface area contributed by atoms with Gasteiger partial charge < -0.3 is 14.4 Å². The Balaban J connectivity index is 1.97. The number of likely N-dealkylation sites (tertiary alicyclic amines) is 1. The monoisotopic (exact) mass is 362 g/mol. The van der Waals surface area contributed by atoms with Crippen LogP contribution in [0.1, 0.15) is 39.2 Å². The van der Waals surface area contributed by atoms with Crippen molar-refractivity contribution in [3.63, 3.8) is 0 Å². The van der Waals surface area contributed by atoms with Gasteiger partial charge in [0.05, 0.1) is 7.11 Å². The smallest absolute Gasteiger partial charge is 0.410 e. The van der Waals surface area contributed by atoms with E-state index in [0.29, 0.717) is 25.9 Å². The summed E-state index contributed by atoms with van der Waals surface area (Å²) >= 11 is 0. The average Bonchev–Trinajstić information content (AvgIpc) is 3.07. The van der Waals surface area contributed by atoms with Crippen LogP contribution in [0.2, 0.25) is 0 Å². The molecule has 144 valence electrons. The SMILES string of the molecule is COc1ccccc1CCN(C)C(=O)C1CCCN1C(=O)OC(C)(C)C. The summed E-state index contributed by atoms with van der Waals surface area (Å²) in [4.78, 5) is 28.5. The summed E-state index contributed by atoms with van der Waals surface area (Å²) in [6, 6.07) is 7.36. The lowest BCUT2D eigenvalue weighted by molar-refractivity contribution is -0.134. The number of para-hydroxylation sites is 1. The molecule has 1 aliphatic heterocycles. The molecule has 0 radical (unpaired) electrons. The molecule has 2 amide bonds. The fourth-order valence-corrected chi connectivity index (χ4v) is 3.12. The Morgan fingerprint density at radius 2 is 1.96 bits per heavy atom. The molecule has 0 aromatic heterocycles. The van der Waals surface area contributed by atoms with E-state index in [1.54, 1.807) is 24.0 Å². The van der Waals surface area contributed by atoms with Crippen molar-refractivity contribution in [2.45, 2.75) is 51.7 Å². The summed E-state index contributed by atoms with van der Waals surface area (Å²) in [6.07, 6.45) is 1.78. The van der Waals surface area contributed by atoms with Gasteiger partial charge in [0, 0.05) is 20.1 Å². The van der Waals surface area contributed by atoms with Crippen LogP contribution in [0, 0.1) is 0 Å². The molecule has 6 heteroatoms. The van der Waals surface area contributed by atoms with E-state index < -0.39 is 17.7 Å². The van der Waals surface area contributed by atoms with Crippen LogP contribution in [0.4, 0.5) is 4.79 Å². The molecular formula is C20H30N2O4. The highest BCUT2D eigenvalue weighted by atomic mass is 16.6. The Labute approximate surface area is 156 Å². The first-order valence-corrected chi connectivity index (χ1v) is 9.09. The van der Waals surface area contributed by atoms with Gasteiger partial charge >= 0.3 is 6.09 Å². The van der Waals surface area contributed by atoms with E-state index in [1.165, 1.54) is 0 Å². The highest BCUT2D eigenvalue weighted by Gasteiger charge is 2.37. The maximum Gasteiger partial charge on any atom is 0.410 e. The number of amides is 2. The van der Waals surface area contributed by atoms with Gasteiger partial charge in [0.25, 0.3) is 0 Å². The number of carbonyl (C=O) groups excluding carboxylic acids is 2. The van der Waals surface area contributed by atoms with Crippen molar-refractivity contribution in [3.8, 4) is 5.75 Å². The quantitative estimate of drug-likeness (QED) is 0.808. The fraction of sp³-hybridized carbons (Fsp3) is 0.600. The highest BCUT2D eigenvalue weighted by Crippen LogP contribution is 2.23. The first kappa shape index (κ1) is 20.1. The summed E-state index contributed by atoms with van der Waals surface area (Å²) in [6.45, 7) is 6.62. The maximum absolute atomic E-state index is 12.8. The largest absolute Gasteiger partial charge is 0.496 e. The van der Waals surface area contributed by atoms with Gasteiger partial charge in [-0.2, -0.15) is 0 Å². The summed E-state index contributed by atoms with van der Waals surface area (Å²) in [7, 11) is 3.42. The van der Waals surface area contributed by atoms with E-state index in [0.717, 1.165) is 17.7 Å². The van der Waals surface area contributed by atoms with Crippen LogP contribution in [0.5, 0.6) is 5.75 Å². The summed E-state index contributed by atoms with van der Waals surface area (Å²) in [5, 5.41) is 0. The van der Waals surface area contributed by atoms with Crippen LogP contribution in [-0.2, 0) is 16.0 Å². The van der Waals surface area contributed by atoms with Crippen molar-refractivity contribution in [2.75, 3.05) is 27.2 Å². The molecule has 1 aromatic carbocycles.